The Labute approximate surface area is 300 Å². The molecule has 0 aromatic heterocycles. The van der Waals surface area contributed by atoms with Gasteiger partial charge in [0, 0.05) is 0 Å². The van der Waals surface area contributed by atoms with Crippen LogP contribution < -0.4 is 0 Å². The van der Waals surface area contributed by atoms with Crippen molar-refractivity contribution in [2.24, 2.45) is 0 Å². The summed E-state index contributed by atoms with van der Waals surface area (Å²) in [5, 5.41) is 0. The molecular weight excluding hydrogens is 644 g/mol. The summed E-state index contributed by atoms with van der Waals surface area (Å²) >= 11 is 0. The van der Waals surface area contributed by atoms with Crippen molar-refractivity contribution in [1.29, 1.82) is 0 Å². The van der Waals surface area contributed by atoms with Crippen LogP contribution in [-0.4, -0.2) is 43.6 Å². The number of hydrogen-bond donors (Lipinski definition) is 0. The van der Waals surface area contributed by atoms with E-state index in [0.717, 1.165) is 27.8 Å². The van der Waals surface area contributed by atoms with Crippen LogP contribution in [0.1, 0.15) is 34.7 Å². The molecule has 1 aliphatic rings. The van der Waals surface area contributed by atoms with Crippen LogP contribution in [0, 0.1) is 0 Å². The van der Waals surface area contributed by atoms with Gasteiger partial charge in [-0.2, -0.15) is 0 Å². The molecule has 0 radical (unpaired) electrons. The maximum Gasteiger partial charge on any atom is 0.191 e. The molecular formula is C43H46O8. The van der Waals surface area contributed by atoms with Gasteiger partial charge in [-0.3, -0.25) is 0 Å². The highest BCUT2D eigenvalue weighted by molar-refractivity contribution is 5.17. The minimum atomic E-state index is -0.910. The Morgan fingerprint density at radius 1 is 0.471 bits per heavy atom. The molecule has 5 aromatic carbocycles. The van der Waals surface area contributed by atoms with E-state index in [1.807, 2.05) is 152 Å². The third-order valence-corrected chi connectivity index (χ3v) is 8.44. The van der Waals surface area contributed by atoms with E-state index >= 15 is 0 Å². The number of benzene rings is 5. The van der Waals surface area contributed by atoms with Crippen LogP contribution in [0.2, 0.25) is 0 Å². The van der Waals surface area contributed by atoms with Crippen molar-refractivity contribution >= 4 is 0 Å². The lowest BCUT2D eigenvalue weighted by Gasteiger charge is -2.46. The van der Waals surface area contributed by atoms with Crippen molar-refractivity contribution in [2.45, 2.75) is 77.0 Å². The molecule has 1 aliphatic heterocycles. The van der Waals surface area contributed by atoms with Crippen LogP contribution in [0.4, 0.5) is 0 Å². The quantitative estimate of drug-likeness (QED) is 0.0488. The Morgan fingerprint density at radius 3 is 1.33 bits per heavy atom. The van der Waals surface area contributed by atoms with Gasteiger partial charge in [0.05, 0.1) is 33.0 Å². The standard InChI is InChI=1S/C43H46O8/c1-33(51-48-31-38-25-15-6-16-26-38)49-43-42(47-30-37-23-13-5-14-24-37)41(46-29-36-21-11-4-12-22-36)40(45-28-35-19-9-3-10-20-35)39(50-43)32-44-27-34-17-7-2-8-18-34/h2-26,33,39-43H,27-32H2,1H3/t33?,39?,40-,41?,42?,43-/m1/s1. The smallest absolute Gasteiger partial charge is 0.191 e. The number of ether oxygens (including phenoxy) is 6. The molecule has 0 N–H and O–H groups in total. The molecule has 6 rings (SSSR count). The molecule has 1 fully saturated rings. The highest BCUT2D eigenvalue weighted by atomic mass is 17.2. The lowest BCUT2D eigenvalue weighted by atomic mass is 9.97. The van der Waals surface area contributed by atoms with E-state index in [1.54, 1.807) is 6.92 Å². The summed E-state index contributed by atoms with van der Waals surface area (Å²) in [6.07, 6.45) is -4.18. The van der Waals surface area contributed by atoms with Crippen LogP contribution in [0.25, 0.3) is 0 Å². The predicted molar refractivity (Wildman–Crippen MR) is 193 cm³/mol. The Kier molecular flexibility index (Phi) is 14.3. The molecule has 0 saturated carbocycles. The van der Waals surface area contributed by atoms with Gasteiger partial charge in [-0.05, 0) is 34.7 Å². The monoisotopic (exact) mass is 690 g/mol. The molecule has 0 amide bonds. The molecule has 4 unspecified atom stereocenters. The first-order chi connectivity index (χ1) is 25.2. The molecule has 0 spiro atoms. The first kappa shape index (κ1) is 36.6. The zero-order chi connectivity index (χ0) is 34.9. The van der Waals surface area contributed by atoms with Gasteiger partial charge in [0.25, 0.3) is 0 Å². The van der Waals surface area contributed by atoms with E-state index in [-0.39, 0.29) is 13.2 Å². The van der Waals surface area contributed by atoms with Crippen molar-refractivity contribution < 1.29 is 38.2 Å². The van der Waals surface area contributed by atoms with Crippen LogP contribution in [0.15, 0.2) is 152 Å². The molecule has 0 bridgehead atoms. The van der Waals surface area contributed by atoms with Crippen LogP contribution >= 0.6 is 0 Å². The van der Waals surface area contributed by atoms with Crippen LogP contribution in [-0.2, 0) is 71.2 Å². The van der Waals surface area contributed by atoms with Gasteiger partial charge >= 0.3 is 0 Å². The summed E-state index contributed by atoms with van der Waals surface area (Å²) in [5.74, 6) is 0. The van der Waals surface area contributed by atoms with Gasteiger partial charge < -0.3 is 28.4 Å². The summed E-state index contributed by atoms with van der Waals surface area (Å²) in [6.45, 7) is 3.65. The van der Waals surface area contributed by atoms with E-state index in [2.05, 4.69) is 0 Å². The van der Waals surface area contributed by atoms with Crippen molar-refractivity contribution in [3.8, 4) is 0 Å². The number of hydrogen-bond acceptors (Lipinski definition) is 8. The fourth-order valence-electron chi connectivity index (χ4n) is 5.84. The minimum absolute atomic E-state index is 0.227. The van der Waals surface area contributed by atoms with E-state index in [0.29, 0.717) is 26.4 Å². The fourth-order valence-corrected chi connectivity index (χ4v) is 5.84. The second kappa shape index (κ2) is 20.0. The zero-order valence-electron chi connectivity index (χ0n) is 28.9. The van der Waals surface area contributed by atoms with Gasteiger partial charge in [-0.25, -0.2) is 9.78 Å². The minimum Gasteiger partial charge on any atom is -0.374 e. The highest BCUT2D eigenvalue weighted by Crippen LogP contribution is 2.32. The first-order valence-corrected chi connectivity index (χ1v) is 17.4. The molecule has 8 heteroatoms. The largest absolute Gasteiger partial charge is 0.374 e. The van der Waals surface area contributed by atoms with Crippen LogP contribution in [0.5, 0.6) is 0 Å². The lowest BCUT2D eigenvalue weighted by Crippen LogP contribution is -2.62. The molecule has 1 heterocycles. The Balaban J connectivity index is 1.26. The Bertz CT molecular complexity index is 1640. The second-order valence-corrected chi connectivity index (χ2v) is 12.4. The van der Waals surface area contributed by atoms with Crippen LogP contribution in [0.3, 0.4) is 0 Å². The average Bonchev–Trinajstić information content (AvgIpc) is 3.18. The molecule has 1 saturated heterocycles. The van der Waals surface area contributed by atoms with E-state index in [1.165, 1.54) is 0 Å². The fraction of sp³-hybridized carbons (Fsp3) is 0.302. The first-order valence-electron chi connectivity index (χ1n) is 17.4. The molecule has 6 atom stereocenters. The van der Waals surface area contributed by atoms with Gasteiger partial charge in [-0.15, -0.1) is 0 Å². The van der Waals surface area contributed by atoms with Crippen molar-refractivity contribution in [1.82, 2.24) is 0 Å². The van der Waals surface area contributed by atoms with Gasteiger partial charge in [-0.1, -0.05) is 152 Å². The maximum absolute atomic E-state index is 6.78. The van der Waals surface area contributed by atoms with Crippen molar-refractivity contribution in [3.05, 3.63) is 179 Å². The summed E-state index contributed by atoms with van der Waals surface area (Å²) in [7, 11) is 0. The lowest BCUT2D eigenvalue weighted by molar-refractivity contribution is -0.422. The second-order valence-electron chi connectivity index (χ2n) is 12.4. The zero-order valence-corrected chi connectivity index (χ0v) is 28.9. The van der Waals surface area contributed by atoms with Gasteiger partial charge in [0.1, 0.15) is 31.0 Å². The third-order valence-electron chi connectivity index (χ3n) is 8.44. The Hall–Kier alpha value is -4.22. The average molecular weight is 691 g/mol. The van der Waals surface area contributed by atoms with Gasteiger partial charge in [0.15, 0.2) is 12.6 Å². The summed E-state index contributed by atoms with van der Waals surface area (Å²) in [6, 6.07) is 49.9. The van der Waals surface area contributed by atoms with Gasteiger partial charge in [0.2, 0.25) is 0 Å². The van der Waals surface area contributed by atoms with E-state index in [4.69, 9.17) is 38.2 Å². The summed E-state index contributed by atoms with van der Waals surface area (Å²) in [4.78, 5) is 11.2. The molecule has 266 valence electrons. The maximum atomic E-state index is 6.78. The summed E-state index contributed by atoms with van der Waals surface area (Å²) < 4.78 is 39.6. The topological polar surface area (TPSA) is 73.8 Å². The predicted octanol–water partition coefficient (Wildman–Crippen LogP) is 8.20. The number of rotatable bonds is 19. The molecule has 8 nitrogen and oxygen atoms in total. The summed E-state index contributed by atoms with van der Waals surface area (Å²) in [5.41, 5.74) is 5.09. The van der Waals surface area contributed by atoms with Crippen molar-refractivity contribution in [3.63, 3.8) is 0 Å². The molecule has 51 heavy (non-hydrogen) atoms. The van der Waals surface area contributed by atoms with Crippen molar-refractivity contribution in [2.75, 3.05) is 6.61 Å². The normalized spacial score (nSPS) is 20.9. The molecule has 5 aromatic rings. The highest BCUT2D eigenvalue weighted by Gasteiger charge is 2.49. The third kappa shape index (κ3) is 11.7. The Morgan fingerprint density at radius 2 is 0.863 bits per heavy atom. The van der Waals surface area contributed by atoms with E-state index in [9.17, 15) is 0 Å². The molecule has 0 aliphatic carbocycles. The van der Waals surface area contributed by atoms with E-state index < -0.39 is 37.0 Å². The SMILES string of the molecule is CC(OOCc1ccccc1)O[C@@H]1OC(COCc2ccccc2)[C@@H](OCc2ccccc2)C(OCc2ccccc2)C1OCc1ccccc1.